The molecule has 5 nitrogen and oxygen atoms in total. The van der Waals surface area contributed by atoms with Crippen LogP contribution < -0.4 is 5.32 Å². The van der Waals surface area contributed by atoms with E-state index in [1.807, 2.05) is 0 Å². The molecule has 3 aliphatic rings. The Morgan fingerprint density at radius 1 is 0.963 bits per heavy atom. The predicted molar refractivity (Wildman–Crippen MR) is 108 cm³/mol. The largest absolute Gasteiger partial charge is 0.379 e. The van der Waals surface area contributed by atoms with Gasteiger partial charge < -0.3 is 10.1 Å². The number of aromatic nitrogens is 2. The molecule has 2 aromatic rings. The molecule has 1 saturated heterocycles. The Balaban J connectivity index is 1.27. The fourth-order valence-corrected chi connectivity index (χ4v) is 4.91. The number of fused-ring (bicyclic) bond motifs is 1. The lowest BCUT2D eigenvalue weighted by Crippen LogP contribution is -2.46. The van der Waals surface area contributed by atoms with E-state index in [9.17, 15) is 0 Å². The normalized spacial score (nSPS) is 27.4. The smallest absolute Gasteiger partial charge is 0.137 e. The number of nitrogens with zero attached hydrogens (tertiary/aromatic N) is 3. The zero-order chi connectivity index (χ0) is 18.1. The maximum Gasteiger partial charge on any atom is 0.137 e. The Kier molecular flexibility index (Phi) is 4.97. The van der Waals surface area contributed by atoms with E-state index in [0.717, 1.165) is 49.6 Å². The first kappa shape index (κ1) is 17.4. The highest BCUT2D eigenvalue weighted by Crippen LogP contribution is 2.38. The molecule has 1 aliphatic heterocycles. The lowest BCUT2D eigenvalue weighted by atomic mass is 9.80. The van der Waals surface area contributed by atoms with Crippen LogP contribution in [0.25, 0.3) is 10.9 Å². The minimum Gasteiger partial charge on any atom is -0.379 e. The van der Waals surface area contributed by atoms with Crippen LogP contribution in [0.5, 0.6) is 0 Å². The summed E-state index contributed by atoms with van der Waals surface area (Å²) in [5.74, 6) is 1.77. The van der Waals surface area contributed by atoms with E-state index < -0.39 is 0 Å². The van der Waals surface area contributed by atoms with Crippen LogP contribution in [0.1, 0.15) is 56.4 Å². The van der Waals surface area contributed by atoms with Crippen molar-refractivity contribution in [2.75, 3.05) is 31.6 Å². The molecule has 1 aromatic carbocycles. The third-order valence-electron chi connectivity index (χ3n) is 6.84. The van der Waals surface area contributed by atoms with E-state index in [2.05, 4.69) is 38.4 Å². The number of nitrogens with one attached hydrogen (secondary N) is 1. The Labute approximate surface area is 161 Å². The van der Waals surface area contributed by atoms with Gasteiger partial charge in [-0.25, -0.2) is 9.97 Å². The molecule has 1 N–H and O–H groups in total. The van der Waals surface area contributed by atoms with E-state index in [1.165, 1.54) is 55.9 Å². The van der Waals surface area contributed by atoms with Gasteiger partial charge in [0.1, 0.15) is 12.1 Å². The molecule has 0 amide bonds. The van der Waals surface area contributed by atoms with Crippen molar-refractivity contribution in [3.05, 3.63) is 30.1 Å². The average molecular weight is 367 g/mol. The lowest BCUT2D eigenvalue weighted by Gasteiger charge is -2.39. The third-order valence-corrected chi connectivity index (χ3v) is 6.84. The number of morpholine rings is 1. The first-order valence-electron chi connectivity index (χ1n) is 10.7. The summed E-state index contributed by atoms with van der Waals surface area (Å²) in [5, 5.41) is 4.95. The van der Waals surface area contributed by atoms with E-state index in [-0.39, 0.29) is 0 Å². The first-order valence-corrected chi connectivity index (χ1v) is 10.7. The number of hydrogen-bond donors (Lipinski definition) is 1. The molecule has 5 rings (SSSR count). The molecule has 1 aromatic heterocycles. The topological polar surface area (TPSA) is 50.3 Å². The number of anilines is 1. The number of rotatable bonds is 4. The summed E-state index contributed by atoms with van der Waals surface area (Å²) in [7, 11) is 0. The monoisotopic (exact) mass is 366 g/mol. The quantitative estimate of drug-likeness (QED) is 0.888. The fourth-order valence-electron chi connectivity index (χ4n) is 4.91. The summed E-state index contributed by atoms with van der Waals surface area (Å²) in [6, 6.07) is 8.02. The second kappa shape index (κ2) is 7.72. The van der Waals surface area contributed by atoms with Crippen LogP contribution in [-0.2, 0) is 4.74 Å². The van der Waals surface area contributed by atoms with Gasteiger partial charge >= 0.3 is 0 Å². The van der Waals surface area contributed by atoms with Crippen molar-refractivity contribution in [2.45, 2.75) is 62.9 Å². The van der Waals surface area contributed by atoms with E-state index >= 15 is 0 Å². The second-order valence-electron chi connectivity index (χ2n) is 8.42. The number of ether oxygens (including phenoxy) is 1. The molecule has 0 unspecified atom stereocenters. The molecule has 2 heterocycles. The molecule has 2 saturated carbocycles. The van der Waals surface area contributed by atoms with Crippen molar-refractivity contribution in [3.8, 4) is 0 Å². The molecule has 2 aliphatic carbocycles. The van der Waals surface area contributed by atoms with Crippen LogP contribution in [0.2, 0.25) is 0 Å². The standard InChI is InChI=1S/C22H30N4O/c1-2-16(3-1)17-4-9-21-20(14-17)22(24-15-23-21)25-18-5-7-19(8-6-18)26-10-12-27-13-11-26/h4,9,14-16,18-19H,1-3,5-8,10-13H2,(H,23,24,25)/t18-,19-. The van der Waals surface area contributed by atoms with Crippen LogP contribution in [0.3, 0.4) is 0 Å². The highest BCUT2D eigenvalue weighted by atomic mass is 16.5. The molecule has 0 radical (unpaired) electrons. The van der Waals surface area contributed by atoms with Gasteiger partial charge in [0, 0.05) is 30.6 Å². The van der Waals surface area contributed by atoms with Gasteiger partial charge in [0.25, 0.3) is 0 Å². The van der Waals surface area contributed by atoms with Gasteiger partial charge in [0.15, 0.2) is 0 Å². The van der Waals surface area contributed by atoms with E-state index in [0.29, 0.717) is 6.04 Å². The van der Waals surface area contributed by atoms with E-state index in [4.69, 9.17) is 4.74 Å². The van der Waals surface area contributed by atoms with Crippen LogP contribution in [-0.4, -0.2) is 53.3 Å². The molecule has 5 heteroatoms. The molecular formula is C22H30N4O. The van der Waals surface area contributed by atoms with Crippen LogP contribution in [0, 0.1) is 0 Å². The van der Waals surface area contributed by atoms with Crippen molar-refractivity contribution in [3.63, 3.8) is 0 Å². The van der Waals surface area contributed by atoms with Gasteiger partial charge in [-0.05, 0) is 62.1 Å². The summed E-state index contributed by atoms with van der Waals surface area (Å²) < 4.78 is 5.50. The van der Waals surface area contributed by atoms with Gasteiger partial charge in [-0.15, -0.1) is 0 Å². The SMILES string of the molecule is c1nc(N[C@H]2CC[C@H](N3CCOCC3)CC2)c2cc(C3CCC3)ccc2n1. The van der Waals surface area contributed by atoms with Gasteiger partial charge in [-0.2, -0.15) is 0 Å². The summed E-state index contributed by atoms with van der Waals surface area (Å²) in [6.45, 7) is 4.00. The highest BCUT2D eigenvalue weighted by molar-refractivity contribution is 5.89. The van der Waals surface area contributed by atoms with Gasteiger partial charge in [0.05, 0.1) is 18.7 Å². The van der Waals surface area contributed by atoms with Gasteiger partial charge in [0.2, 0.25) is 0 Å². The third kappa shape index (κ3) is 3.67. The highest BCUT2D eigenvalue weighted by Gasteiger charge is 2.27. The van der Waals surface area contributed by atoms with Gasteiger partial charge in [-0.1, -0.05) is 12.5 Å². The minimum atomic E-state index is 0.521. The first-order chi connectivity index (χ1) is 13.4. The summed E-state index contributed by atoms with van der Waals surface area (Å²) in [6.07, 6.45) is 10.7. The van der Waals surface area contributed by atoms with Crippen molar-refractivity contribution < 1.29 is 4.74 Å². The lowest BCUT2D eigenvalue weighted by molar-refractivity contribution is 0.00791. The van der Waals surface area contributed by atoms with Crippen molar-refractivity contribution >= 4 is 16.7 Å². The summed E-state index contributed by atoms with van der Waals surface area (Å²) >= 11 is 0. The maximum absolute atomic E-state index is 5.50. The fraction of sp³-hybridized carbons (Fsp3) is 0.636. The molecule has 3 fully saturated rings. The summed E-state index contributed by atoms with van der Waals surface area (Å²) in [4.78, 5) is 11.7. The Morgan fingerprint density at radius 3 is 2.52 bits per heavy atom. The van der Waals surface area contributed by atoms with Gasteiger partial charge in [-0.3, -0.25) is 4.90 Å². The molecule has 0 spiro atoms. The summed E-state index contributed by atoms with van der Waals surface area (Å²) in [5.41, 5.74) is 2.51. The van der Waals surface area contributed by atoms with E-state index in [1.54, 1.807) is 6.33 Å². The molecular weight excluding hydrogens is 336 g/mol. The zero-order valence-electron chi connectivity index (χ0n) is 16.1. The van der Waals surface area contributed by atoms with Crippen LogP contribution in [0.15, 0.2) is 24.5 Å². The van der Waals surface area contributed by atoms with Crippen molar-refractivity contribution in [1.82, 2.24) is 14.9 Å². The zero-order valence-corrected chi connectivity index (χ0v) is 16.1. The molecule has 0 atom stereocenters. The van der Waals surface area contributed by atoms with Crippen LogP contribution in [0.4, 0.5) is 5.82 Å². The Bertz CT molecular complexity index is 777. The second-order valence-corrected chi connectivity index (χ2v) is 8.42. The molecule has 27 heavy (non-hydrogen) atoms. The predicted octanol–water partition coefficient (Wildman–Crippen LogP) is 3.95. The van der Waals surface area contributed by atoms with Crippen molar-refractivity contribution in [1.29, 1.82) is 0 Å². The molecule has 0 bridgehead atoms. The number of benzene rings is 1. The molecule has 144 valence electrons. The minimum absolute atomic E-state index is 0.521. The number of hydrogen-bond acceptors (Lipinski definition) is 5. The average Bonchev–Trinajstić information content (AvgIpc) is 2.68. The Hall–Kier alpha value is -1.72. The van der Waals surface area contributed by atoms with Crippen molar-refractivity contribution in [2.24, 2.45) is 0 Å². The Morgan fingerprint density at radius 2 is 1.78 bits per heavy atom. The van der Waals surface area contributed by atoms with Crippen LogP contribution >= 0.6 is 0 Å². The maximum atomic E-state index is 5.50.